The molecule has 0 saturated heterocycles. The number of rotatable bonds is 5. The lowest BCUT2D eigenvalue weighted by molar-refractivity contribution is 0.102. The number of carbonyl (C=O) groups is 1. The van der Waals surface area contributed by atoms with E-state index in [1.165, 1.54) is 12.7 Å². The molecule has 0 bridgehead atoms. The topological polar surface area (TPSA) is 56.1 Å². The maximum atomic E-state index is 12.7. The van der Waals surface area contributed by atoms with E-state index in [-0.39, 0.29) is 5.91 Å². The zero-order chi connectivity index (χ0) is 19.6. The normalized spacial score (nSPS) is 10.7. The minimum atomic E-state index is -0.339. The van der Waals surface area contributed by atoms with Gasteiger partial charge in [-0.1, -0.05) is 53.0 Å². The Kier molecular flexibility index (Phi) is 5.73. The van der Waals surface area contributed by atoms with Crippen molar-refractivity contribution in [3.05, 3.63) is 75.0 Å². The summed E-state index contributed by atoms with van der Waals surface area (Å²) in [5.41, 5.74) is 3.69. The zero-order valence-electron chi connectivity index (χ0n) is 15.2. The van der Waals surface area contributed by atoms with Gasteiger partial charge in [0.05, 0.1) is 29.9 Å². The second-order valence-electron chi connectivity index (χ2n) is 6.20. The second-order valence-corrected chi connectivity index (χ2v) is 6.96. The highest BCUT2D eigenvalue weighted by Crippen LogP contribution is 2.28. The Balaban J connectivity index is 1.82. The first-order valence-corrected chi connectivity index (χ1v) is 9.08. The van der Waals surface area contributed by atoms with E-state index in [0.717, 1.165) is 5.56 Å². The van der Waals surface area contributed by atoms with Crippen LogP contribution in [0, 0.1) is 13.8 Å². The van der Waals surface area contributed by atoms with Crippen molar-refractivity contribution < 1.29 is 9.53 Å². The minimum Gasteiger partial charge on any atom is -0.495 e. The van der Waals surface area contributed by atoms with Gasteiger partial charge in [-0.3, -0.25) is 4.79 Å². The summed E-state index contributed by atoms with van der Waals surface area (Å²) in [6.45, 7) is 4.28. The third-order valence-electron chi connectivity index (χ3n) is 4.16. The molecular formula is C20H19Cl2N3O2. The van der Waals surface area contributed by atoms with Crippen molar-refractivity contribution >= 4 is 34.8 Å². The summed E-state index contributed by atoms with van der Waals surface area (Å²) in [5, 5.41) is 7.92. The summed E-state index contributed by atoms with van der Waals surface area (Å²) >= 11 is 12.6. The van der Waals surface area contributed by atoms with Crippen molar-refractivity contribution in [1.29, 1.82) is 0 Å². The molecule has 27 heavy (non-hydrogen) atoms. The highest BCUT2D eigenvalue weighted by atomic mass is 35.5. The maximum Gasteiger partial charge on any atom is 0.260 e. The number of hydrogen-bond acceptors (Lipinski definition) is 3. The molecule has 0 aliphatic carbocycles. The fourth-order valence-electron chi connectivity index (χ4n) is 2.72. The summed E-state index contributed by atoms with van der Waals surface area (Å²) in [5.74, 6) is 0.198. The molecule has 2 aromatic carbocycles. The fraction of sp³-hybridized carbons (Fsp3) is 0.200. The van der Waals surface area contributed by atoms with E-state index in [4.69, 9.17) is 27.9 Å². The van der Waals surface area contributed by atoms with Gasteiger partial charge in [-0.2, -0.15) is 5.10 Å². The van der Waals surface area contributed by atoms with Crippen molar-refractivity contribution in [1.82, 2.24) is 9.78 Å². The predicted molar refractivity (Wildman–Crippen MR) is 108 cm³/mol. The van der Waals surface area contributed by atoms with Crippen LogP contribution in [0.3, 0.4) is 0 Å². The molecule has 1 heterocycles. The van der Waals surface area contributed by atoms with Gasteiger partial charge in [-0.05, 0) is 37.6 Å². The van der Waals surface area contributed by atoms with Gasteiger partial charge in [0.2, 0.25) is 0 Å². The molecule has 0 atom stereocenters. The van der Waals surface area contributed by atoms with Gasteiger partial charge in [0, 0.05) is 5.69 Å². The molecule has 1 amide bonds. The van der Waals surface area contributed by atoms with Gasteiger partial charge in [-0.25, -0.2) is 4.68 Å². The Bertz CT molecular complexity index is 982. The van der Waals surface area contributed by atoms with Crippen molar-refractivity contribution in [2.24, 2.45) is 0 Å². The molecule has 0 unspecified atom stereocenters. The molecule has 0 fully saturated rings. The minimum absolute atomic E-state index is 0.296. The van der Waals surface area contributed by atoms with Gasteiger partial charge in [-0.15, -0.1) is 0 Å². The molecule has 0 aliphatic rings. The Hall–Kier alpha value is -2.50. The first-order valence-electron chi connectivity index (χ1n) is 8.32. The quantitative estimate of drug-likeness (QED) is 0.643. The van der Waals surface area contributed by atoms with E-state index in [0.29, 0.717) is 39.4 Å². The number of nitrogens with zero attached hydrogens (tertiary/aromatic N) is 2. The molecule has 3 rings (SSSR count). The lowest BCUT2D eigenvalue weighted by Gasteiger charge is -2.08. The van der Waals surface area contributed by atoms with Gasteiger partial charge >= 0.3 is 0 Å². The maximum absolute atomic E-state index is 12.7. The van der Waals surface area contributed by atoms with E-state index in [1.807, 2.05) is 31.2 Å². The smallest absolute Gasteiger partial charge is 0.260 e. The number of aromatic nitrogens is 2. The molecule has 7 heteroatoms. The van der Waals surface area contributed by atoms with Crippen LogP contribution in [0.1, 0.15) is 27.2 Å². The van der Waals surface area contributed by atoms with E-state index in [1.54, 1.807) is 29.8 Å². The number of aryl methyl sites for hydroxylation is 2. The van der Waals surface area contributed by atoms with Crippen LogP contribution in [0.4, 0.5) is 5.69 Å². The van der Waals surface area contributed by atoms with E-state index in [2.05, 4.69) is 10.4 Å². The van der Waals surface area contributed by atoms with Crippen molar-refractivity contribution in [3.8, 4) is 5.75 Å². The molecule has 1 N–H and O–H groups in total. The SMILES string of the molecule is COc1ccc(NC(=O)c2c(C)nn(Cc3ccc(C)cc3)c2Cl)cc1Cl. The Morgan fingerprint density at radius 1 is 1.15 bits per heavy atom. The molecule has 3 aromatic rings. The largest absolute Gasteiger partial charge is 0.495 e. The molecule has 0 saturated carbocycles. The van der Waals surface area contributed by atoms with Gasteiger partial charge in [0.1, 0.15) is 10.9 Å². The van der Waals surface area contributed by atoms with E-state index < -0.39 is 0 Å². The summed E-state index contributed by atoms with van der Waals surface area (Å²) in [7, 11) is 1.53. The number of anilines is 1. The van der Waals surface area contributed by atoms with E-state index in [9.17, 15) is 4.79 Å². The number of carbonyl (C=O) groups excluding carboxylic acids is 1. The lowest BCUT2D eigenvalue weighted by atomic mass is 10.1. The number of benzene rings is 2. The first-order chi connectivity index (χ1) is 12.9. The molecule has 0 spiro atoms. The van der Waals surface area contributed by atoms with Crippen molar-refractivity contribution in [2.45, 2.75) is 20.4 Å². The number of hydrogen-bond donors (Lipinski definition) is 1. The summed E-state index contributed by atoms with van der Waals surface area (Å²) in [4.78, 5) is 12.7. The van der Waals surface area contributed by atoms with Crippen LogP contribution in [0.2, 0.25) is 10.2 Å². The number of nitrogens with one attached hydrogen (secondary N) is 1. The van der Waals surface area contributed by atoms with Crippen LogP contribution >= 0.6 is 23.2 Å². The number of amides is 1. The standard InChI is InChI=1S/C20H19Cl2N3O2/c1-12-4-6-14(7-5-12)11-25-19(22)18(13(2)24-25)20(26)23-15-8-9-17(27-3)16(21)10-15/h4-10H,11H2,1-3H3,(H,23,26). The van der Waals surface area contributed by atoms with Crippen LogP contribution in [0.25, 0.3) is 0 Å². The number of ether oxygens (including phenoxy) is 1. The van der Waals surface area contributed by atoms with Crippen LogP contribution in [-0.2, 0) is 6.54 Å². The summed E-state index contributed by atoms with van der Waals surface area (Å²) < 4.78 is 6.74. The molecule has 5 nitrogen and oxygen atoms in total. The number of halogens is 2. The average Bonchev–Trinajstić information content (AvgIpc) is 2.90. The van der Waals surface area contributed by atoms with Crippen molar-refractivity contribution in [2.75, 3.05) is 12.4 Å². The van der Waals surface area contributed by atoms with Gasteiger partial charge < -0.3 is 10.1 Å². The predicted octanol–water partition coefficient (Wildman–Crippen LogP) is 5.12. The van der Waals surface area contributed by atoms with Crippen molar-refractivity contribution in [3.63, 3.8) is 0 Å². The highest BCUT2D eigenvalue weighted by molar-refractivity contribution is 6.34. The first kappa shape index (κ1) is 19.3. The highest BCUT2D eigenvalue weighted by Gasteiger charge is 2.21. The van der Waals surface area contributed by atoms with Gasteiger partial charge in [0.25, 0.3) is 5.91 Å². The van der Waals surface area contributed by atoms with Gasteiger partial charge in [0.15, 0.2) is 0 Å². The Morgan fingerprint density at radius 3 is 2.48 bits per heavy atom. The molecule has 0 aliphatic heterocycles. The lowest BCUT2D eigenvalue weighted by Crippen LogP contribution is -2.13. The summed E-state index contributed by atoms with van der Waals surface area (Å²) in [6, 6.07) is 13.1. The van der Waals surface area contributed by atoms with Crippen LogP contribution in [0.15, 0.2) is 42.5 Å². The second kappa shape index (κ2) is 8.03. The fourth-order valence-corrected chi connectivity index (χ4v) is 3.30. The Morgan fingerprint density at radius 2 is 1.85 bits per heavy atom. The van der Waals surface area contributed by atoms with Crippen LogP contribution in [-0.4, -0.2) is 22.8 Å². The number of methoxy groups -OCH3 is 1. The zero-order valence-corrected chi connectivity index (χ0v) is 16.7. The average molecular weight is 404 g/mol. The van der Waals surface area contributed by atoms with Crippen LogP contribution < -0.4 is 10.1 Å². The monoisotopic (exact) mass is 403 g/mol. The third-order valence-corrected chi connectivity index (χ3v) is 4.83. The molecule has 1 aromatic heterocycles. The third kappa shape index (κ3) is 4.26. The summed E-state index contributed by atoms with van der Waals surface area (Å²) in [6.07, 6.45) is 0. The molecular weight excluding hydrogens is 385 g/mol. The van der Waals surface area contributed by atoms with Crippen LogP contribution in [0.5, 0.6) is 5.75 Å². The van der Waals surface area contributed by atoms with E-state index >= 15 is 0 Å². The Labute approximate surface area is 167 Å². The molecule has 0 radical (unpaired) electrons. The molecule has 140 valence electrons.